The predicted molar refractivity (Wildman–Crippen MR) is 126 cm³/mol. The van der Waals surface area contributed by atoms with Crippen LogP contribution in [0.3, 0.4) is 0 Å². The molecule has 1 unspecified atom stereocenters. The second-order valence-electron chi connectivity index (χ2n) is 7.25. The first-order valence-electron chi connectivity index (χ1n) is 10.4. The molecule has 33 heavy (non-hydrogen) atoms. The van der Waals surface area contributed by atoms with Gasteiger partial charge in [0.05, 0.1) is 36.0 Å². The number of aliphatic hydroxyl groups excluding tert-OH is 1. The van der Waals surface area contributed by atoms with Crippen molar-refractivity contribution in [2.24, 2.45) is 0 Å². The number of methoxy groups -OCH3 is 1. The molecule has 4 rings (SSSR count). The van der Waals surface area contributed by atoms with Gasteiger partial charge in [-0.25, -0.2) is 14.6 Å². The van der Waals surface area contributed by atoms with Gasteiger partial charge in [-0.05, 0) is 43.3 Å². The van der Waals surface area contributed by atoms with Crippen molar-refractivity contribution >= 4 is 45.2 Å². The number of para-hydroxylation sites is 1. The number of hydrogen-bond acceptors (Lipinski definition) is 7. The van der Waals surface area contributed by atoms with Crippen molar-refractivity contribution in [2.75, 3.05) is 24.4 Å². The number of pyridine rings is 1. The molecule has 0 saturated heterocycles. The van der Waals surface area contributed by atoms with Crippen LogP contribution in [0.5, 0.6) is 0 Å². The fourth-order valence-corrected chi connectivity index (χ4v) is 3.58. The van der Waals surface area contributed by atoms with E-state index in [1.54, 1.807) is 49.4 Å². The van der Waals surface area contributed by atoms with Gasteiger partial charge in [-0.2, -0.15) is 0 Å². The first-order valence-corrected chi connectivity index (χ1v) is 10.4. The number of esters is 1. The zero-order valence-corrected chi connectivity index (χ0v) is 18.2. The molecule has 1 heterocycles. The smallest absolute Gasteiger partial charge is 0.411 e. The fourth-order valence-electron chi connectivity index (χ4n) is 3.58. The molecule has 0 bridgehead atoms. The van der Waals surface area contributed by atoms with Gasteiger partial charge in [-0.15, -0.1) is 0 Å². The van der Waals surface area contributed by atoms with E-state index in [0.717, 1.165) is 10.8 Å². The maximum Gasteiger partial charge on any atom is 0.411 e. The Bertz CT molecular complexity index is 1340. The fraction of sp³-hybridized carbons (Fsp3) is 0.160. The van der Waals surface area contributed by atoms with Gasteiger partial charge in [-0.1, -0.05) is 30.3 Å². The lowest BCUT2D eigenvalue weighted by Gasteiger charge is -2.19. The predicted octanol–water partition coefficient (Wildman–Crippen LogP) is 4.85. The van der Waals surface area contributed by atoms with Gasteiger partial charge in [0.2, 0.25) is 0 Å². The van der Waals surface area contributed by atoms with Crippen LogP contribution in [0.1, 0.15) is 29.1 Å². The van der Waals surface area contributed by atoms with E-state index in [1.807, 2.05) is 24.3 Å². The van der Waals surface area contributed by atoms with Crippen molar-refractivity contribution < 1.29 is 24.2 Å². The molecule has 0 aliphatic carbocycles. The SMILES string of the molecule is CCOC(=O)Nc1cccc(C(O)Nc2c3ccccc3nc3cc(C(=O)OC)ccc23)c1. The molecule has 0 radical (unpaired) electrons. The van der Waals surface area contributed by atoms with E-state index < -0.39 is 18.3 Å². The summed E-state index contributed by atoms with van der Waals surface area (Å²) in [4.78, 5) is 28.4. The minimum atomic E-state index is -1.08. The number of rotatable bonds is 6. The number of aromatic nitrogens is 1. The highest BCUT2D eigenvalue weighted by Crippen LogP contribution is 2.33. The molecule has 3 aromatic carbocycles. The maximum atomic E-state index is 12.0. The summed E-state index contributed by atoms with van der Waals surface area (Å²) in [6, 6.07) is 19.5. The first kappa shape index (κ1) is 22.0. The van der Waals surface area contributed by atoms with Gasteiger partial charge in [0.15, 0.2) is 6.23 Å². The molecule has 0 fully saturated rings. The molecule has 1 amide bonds. The highest BCUT2D eigenvalue weighted by Gasteiger charge is 2.16. The van der Waals surface area contributed by atoms with Crippen molar-refractivity contribution in [1.29, 1.82) is 0 Å². The summed E-state index contributed by atoms with van der Waals surface area (Å²) in [7, 11) is 1.33. The Balaban J connectivity index is 1.73. The van der Waals surface area contributed by atoms with Crippen molar-refractivity contribution in [2.45, 2.75) is 13.2 Å². The summed E-state index contributed by atoms with van der Waals surface area (Å²) < 4.78 is 9.72. The third-order valence-corrected chi connectivity index (χ3v) is 5.11. The molecule has 4 aromatic rings. The Kier molecular flexibility index (Phi) is 6.37. The quantitative estimate of drug-likeness (QED) is 0.221. The van der Waals surface area contributed by atoms with Crippen LogP contribution in [0.4, 0.5) is 16.2 Å². The average molecular weight is 445 g/mol. The molecule has 3 N–H and O–H groups in total. The number of nitrogens with one attached hydrogen (secondary N) is 2. The van der Waals surface area contributed by atoms with Crippen LogP contribution < -0.4 is 10.6 Å². The van der Waals surface area contributed by atoms with Crippen molar-refractivity contribution in [3.8, 4) is 0 Å². The lowest BCUT2D eigenvalue weighted by atomic mass is 10.0. The Morgan fingerprint density at radius 1 is 1.00 bits per heavy atom. The summed E-state index contributed by atoms with van der Waals surface area (Å²) in [6.07, 6.45) is -1.65. The third kappa shape index (κ3) is 4.70. The number of hydrogen-bond donors (Lipinski definition) is 3. The molecular weight excluding hydrogens is 422 g/mol. The van der Waals surface area contributed by atoms with Crippen molar-refractivity contribution in [3.05, 3.63) is 77.9 Å². The zero-order chi connectivity index (χ0) is 23.4. The topological polar surface area (TPSA) is 110 Å². The van der Waals surface area contributed by atoms with Crippen LogP contribution in [0.25, 0.3) is 21.8 Å². The van der Waals surface area contributed by atoms with Crippen LogP contribution in [0.15, 0.2) is 66.7 Å². The summed E-state index contributed by atoms with van der Waals surface area (Å²) in [5, 5.41) is 18.3. The molecule has 0 aliphatic heterocycles. The summed E-state index contributed by atoms with van der Waals surface area (Å²) in [5.41, 5.74) is 3.40. The maximum absolute atomic E-state index is 12.0. The van der Waals surface area contributed by atoms with Gasteiger partial charge in [-0.3, -0.25) is 5.32 Å². The lowest BCUT2D eigenvalue weighted by molar-refractivity contribution is 0.0601. The van der Waals surface area contributed by atoms with E-state index in [0.29, 0.717) is 33.5 Å². The molecule has 1 atom stereocenters. The monoisotopic (exact) mass is 445 g/mol. The van der Waals surface area contributed by atoms with Gasteiger partial charge >= 0.3 is 12.1 Å². The van der Waals surface area contributed by atoms with Crippen LogP contribution in [-0.2, 0) is 9.47 Å². The highest BCUT2D eigenvalue weighted by molar-refractivity contribution is 6.09. The number of anilines is 2. The third-order valence-electron chi connectivity index (χ3n) is 5.11. The lowest BCUT2D eigenvalue weighted by Crippen LogP contribution is -2.15. The number of aliphatic hydroxyl groups is 1. The minimum absolute atomic E-state index is 0.260. The number of carbonyl (C=O) groups excluding carboxylic acids is 2. The van der Waals surface area contributed by atoms with E-state index in [4.69, 9.17) is 9.47 Å². The first-order chi connectivity index (χ1) is 16.0. The number of carbonyl (C=O) groups is 2. The number of ether oxygens (including phenoxy) is 2. The van der Waals surface area contributed by atoms with Crippen LogP contribution in [-0.4, -0.2) is 35.9 Å². The van der Waals surface area contributed by atoms with E-state index >= 15 is 0 Å². The molecule has 8 nitrogen and oxygen atoms in total. The number of benzene rings is 3. The summed E-state index contributed by atoms with van der Waals surface area (Å²) >= 11 is 0. The summed E-state index contributed by atoms with van der Waals surface area (Å²) in [5.74, 6) is -0.452. The summed E-state index contributed by atoms with van der Waals surface area (Å²) in [6.45, 7) is 1.98. The zero-order valence-electron chi connectivity index (χ0n) is 18.2. The van der Waals surface area contributed by atoms with E-state index in [2.05, 4.69) is 15.6 Å². The number of amides is 1. The van der Waals surface area contributed by atoms with Gasteiger partial charge in [0, 0.05) is 22.0 Å². The van der Waals surface area contributed by atoms with E-state index in [1.165, 1.54) is 7.11 Å². The molecule has 168 valence electrons. The molecule has 0 aliphatic rings. The van der Waals surface area contributed by atoms with Crippen LogP contribution >= 0.6 is 0 Å². The molecular formula is C25H23N3O5. The molecule has 0 spiro atoms. The normalized spacial score (nSPS) is 11.7. The highest BCUT2D eigenvalue weighted by atomic mass is 16.5. The second-order valence-corrected chi connectivity index (χ2v) is 7.25. The van der Waals surface area contributed by atoms with Crippen molar-refractivity contribution in [3.63, 3.8) is 0 Å². The standard InChI is InChI=1S/C25H23N3O5/c1-3-33-25(31)26-17-8-6-7-15(13-17)23(29)28-22-18-9-4-5-10-20(18)27-21-14-16(24(30)32-2)11-12-19(21)22/h4-14,23,29H,3H2,1-2H3,(H,26,31)(H,27,28). The average Bonchev–Trinajstić information content (AvgIpc) is 2.83. The minimum Gasteiger partial charge on any atom is -0.465 e. The molecule has 1 aromatic heterocycles. The van der Waals surface area contributed by atoms with Crippen LogP contribution in [0.2, 0.25) is 0 Å². The van der Waals surface area contributed by atoms with Gasteiger partial charge < -0.3 is 19.9 Å². The molecule has 8 heteroatoms. The van der Waals surface area contributed by atoms with Crippen LogP contribution in [0, 0.1) is 0 Å². The molecule has 0 saturated carbocycles. The van der Waals surface area contributed by atoms with Gasteiger partial charge in [0.25, 0.3) is 0 Å². The Hall–Kier alpha value is -4.17. The number of fused-ring (bicyclic) bond motifs is 2. The number of nitrogens with zero attached hydrogens (tertiary/aromatic N) is 1. The Morgan fingerprint density at radius 2 is 1.79 bits per heavy atom. The second kappa shape index (κ2) is 9.54. The Labute approximate surface area is 190 Å². The van der Waals surface area contributed by atoms with Gasteiger partial charge in [0.1, 0.15) is 0 Å². The Morgan fingerprint density at radius 3 is 2.58 bits per heavy atom. The van der Waals surface area contributed by atoms with Crippen molar-refractivity contribution in [1.82, 2.24) is 4.98 Å². The van der Waals surface area contributed by atoms with E-state index in [9.17, 15) is 14.7 Å². The van der Waals surface area contributed by atoms with E-state index in [-0.39, 0.29) is 6.61 Å². The largest absolute Gasteiger partial charge is 0.465 e.